The number of carbonyl (C=O) groups excluding carboxylic acids is 2. The molecule has 8 nitrogen and oxygen atoms in total. The van der Waals surface area contributed by atoms with Gasteiger partial charge in [-0.25, -0.2) is 9.18 Å². The summed E-state index contributed by atoms with van der Waals surface area (Å²) in [7, 11) is 1.42. The van der Waals surface area contributed by atoms with Crippen molar-refractivity contribution in [3.8, 4) is 5.75 Å². The highest BCUT2D eigenvalue weighted by Crippen LogP contribution is 2.30. The zero-order chi connectivity index (χ0) is 28.3. The van der Waals surface area contributed by atoms with Crippen molar-refractivity contribution in [2.75, 3.05) is 20.3 Å². The fourth-order valence-corrected chi connectivity index (χ4v) is 5.01. The van der Waals surface area contributed by atoms with Gasteiger partial charge in [0, 0.05) is 36.2 Å². The summed E-state index contributed by atoms with van der Waals surface area (Å²) in [5, 5.41) is 8.74. The fraction of sp³-hybridized carbons (Fsp3) is 0.393. The topological polar surface area (TPSA) is 85.7 Å². The van der Waals surface area contributed by atoms with E-state index in [4.69, 9.17) is 37.8 Å². The molecule has 2 heterocycles. The molecule has 2 aromatic carbocycles. The van der Waals surface area contributed by atoms with Crippen LogP contribution >= 0.6 is 23.2 Å². The second-order valence-electron chi connectivity index (χ2n) is 9.40. The molecule has 0 aliphatic carbocycles. The molecule has 3 aromatic rings. The minimum absolute atomic E-state index is 0.152. The van der Waals surface area contributed by atoms with E-state index >= 15 is 0 Å². The van der Waals surface area contributed by atoms with Gasteiger partial charge in [-0.05, 0) is 56.7 Å². The molecule has 2 atom stereocenters. The quantitative estimate of drug-likeness (QED) is 0.341. The van der Waals surface area contributed by atoms with Gasteiger partial charge in [-0.1, -0.05) is 29.3 Å². The van der Waals surface area contributed by atoms with E-state index in [1.54, 1.807) is 46.8 Å². The van der Waals surface area contributed by atoms with Crippen molar-refractivity contribution in [2.45, 2.75) is 52.4 Å². The Morgan fingerprint density at radius 2 is 1.97 bits per heavy atom. The summed E-state index contributed by atoms with van der Waals surface area (Å²) in [6, 6.07) is 9.30. The predicted molar refractivity (Wildman–Crippen MR) is 147 cm³/mol. The maximum absolute atomic E-state index is 14.2. The van der Waals surface area contributed by atoms with Gasteiger partial charge in [-0.3, -0.25) is 9.48 Å². The third-order valence-corrected chi connectivity index (χ3v) is 7.57. The van der Waals surface area contributed by atoms with Crippen molar-refractivity contribution >= 4 is 35.1 Å². The molecule has 4 rings (SSSR count). The Kier molecular flexibility index (Phi) is 9.15. The van der Waals surface area contributed by atoms with Gasteiger partial charge < -0.3 is 19.7 Å². The van der Waals surface area contributed by atoms with E-state index in [-0.39, 0.29) is 36.9 Å². The molecule has 1 aliphatic heterocycles. The lowest BCUT2D eigenvalue weighted by Gasteiger charge is -2.33. The molecule has 0 saturated carbocycles. The Morgan fingerprint density at radius 1 is 1.21 bits per heavy atom. The second-order valence-corrected chi connectivity index (χ2v) is 10.2. The predicted octanol–water partition coefficient (Wildman–Crippen LogP) is 5.45. The van der Waals surface area contributed by atoms with Crippen LogP contribution < -0.4 is 10.1 Å². The minimum atomic E-state index is -0.493. The average Bonchev–Trinajstić information content (AvgIpc) is 3.26. The molecule has 0 bridgehead atoms. The van der Waals surface area contributed by atoms with Crippen molar-refractivity contribution in [1.29, 1.82) is 0 Å². The first-order chi connectivity index (χ1) is 18.6. The van der Waals surface area contributed by atoms with E-state index in [1.165, 1.54) is 13.2 Å². The molecule has 1 aliphatic rings. The molecule has 208 valence electrons. The zero-order valence-corrected chi connectivity index (χ0v) is 23.8. The summed E-state index contributed by atoms with van der Waals surface area (Å²) in [6.45, 7) is 6.86. The van der Waals surface area contributed by atoms with Gasteiger partial charge in [0.25, 0.3) is 5.91 Å². The minimum Gasteiger partial charge on any atom is -0.494 e. The van der Waals surface area contributed by atoms with Crippen LogP contribution in [0.25, 0.3) is 0 Å². The lowest BCUT2D eigenvalue weighted by atomic mass is 9.98. The number of fused-ring (bicyclic) bond motifs is 1. The van der Waals surface area contributed by atoms with Crippen molar-refractivity contribution in [1.82, 2.24) is 20.0 Å². The lowest BCUT2D eigenvalue weighted by molar-refractivity contribution is 0.0502. The number of carbonyl (C=O) groups is 2. The lowest BCUT2D eigenvalue weighted by Crippen LogP contribution is -2.42. The smallest absolute Gasteiger partial charge is 0.356 e. The number of nitrogens with zero attached hydrogens (tertiary/aromatic N) is 3. The van der Waals surface area contributed by atoms with Crippen LogP contribution in [0.3, 0.4) is 0 Å². The average molecular weight is 577 g/mol. The summed E-state index contributed by atoms with van der Waals surface area (Å²) in [5.41, 5.74) is 2.94. The molecule has 1 amide bonds. The van der Waals surface area contributed by atoms with Gasteiger partial charge in [0.1, 0.15) is 0 Å². The standard InChI is InChI=1S/C28H31Cl2FN4O4/c1-5-39-28(37)26-20-15-34(27(36)19-6-8-21(29)22(30)13-19)16(2)12-24(20)33-35(26)11-10-32-17(3)18-7-9-25(38-4)23(31)14-18/h6-9,13-14,16-17,32H,5,10-12,15H2,1-4H3/t16-,17?/m1/s1. The summed E-state index contributed by atoms with van der Waals surface area (Å²) in [4.78, 5) is 28.1. The van der Waals surface area contributed by atoms with Crippen LogP contribution in [0, 0.1) is 5.82 Å². The van der Waals surface area contributed by atoms with E-state index in [0.29, 0.717) is 46.4 Å². The van der Waals surface area contributed by atoms with Crippen LogP contribution in [0.15, 0.2) is 36.4 Å². The van der Waals surface area contributed by atoms with E-state index in [0.717, 1.165) is 11.3 Å². The van der Waals surface area contributed by atoms with Crippen molar-refractivity contribution in [3.05, 3.63) is 80.3 Å². The monoisotopic (exact) mass is 576 g/mol. The van der Waals surface area contributed by atoms with Gasteiger partial charge in [0.05, 0.1) is 42.5 Å². The number of amides is 1. The van der Waals surface area contributed by atoms with Crippen molar-refractivity contribution < 1.29 is 23.5 Å². The number of halogens is 3. The molecule has 0 radical (unpaired) electrons. The number of nitrogens with one attached hydrogen (secondary N) is 1. The Balaban J connectivity index is 1.54. The molecule has 0 saturated heterocycles. The van der Waals surface area contributed by atoms with Crippen LogP contribution in [-0.4, -0.2) is 52.9 Å². The van der Waals surface area contributed by atoms with Gasteiger partial charge >= 0.3 is 5.97 Å². The maximum atomic E-state index is 14.2. The molecular weight excluding hydrogens is 546 g/mol. The molecule has 11 heteroatoms. The van der Waals surface area contributed by atoms with Crippen LogP contribution in [0.4, 0.5) is 4.39 Å². The fourth-order valence-electron chi connectivity index (χ4n) is 4.71. The third-order valence-electron chi connectivity index (χ3n) is 6.83. The summed E-state index contributed by atoms with van der Waals surface area (Å²) < 4.78 is 26.1. The Hall–Kier alpha value is -3.14. The number of aromatic nitrogens is 2. The summed E-state index contributed by atoms with van der Waals surface area (Å²) >= 11 is 12.2. The van der Waals surface area contributed by atoms with Crippen molar-refractivity contribution in [3.63, 3.8) is 0 Å². The largest absolute Gasteiger partial charge is 0.494 e. The summed E-state index contributed by atoms with van der Waals surface area (Å²) in [5.74, 6) is -0.945. The molecule has 0 fully saturated rings. The number of ether oxygens (including phenoxy) is 2. The third kappa shape index (κ3) is 6.21. The van der Waals surface area contributed by atoms with E-state index in [1.807, 2.05) is 13.8 Å². The van der Waals surface area contributed by atoms with Crippen LogP contribution in [0.5, 0.6) is 5.75 Å². The van der Waals surface area contributed by atoms with E-state index in [2.05, 4.69) is 5.32 Å². The summed E-state index contributed by atoms with van der Waals surface area (Å²) in [6.07, 6.45) is 0.483. The van der Waals surface area contributed by atoms with Crippen LogP contribution in [-0.2, 0) is 24.2 Å². The van der Waals surface area contributed by atoms with Crippen LogP contribution in [0.2, 0.25) is 10.0 Å². The van der Waals surface area contributed by atoms with Crippen molar-refractivity contribution in [2.24, 2.45) is 0 Å². The first-order valence-corrected chi connectivity index (χ1v) is 13.5. The Morgan fingerprint density at radius 3 is 2.64 bits per heavy atom. The van der Waals surface area contributed by atoms with Gasteiger partial charge in [-0.15, -0.1) is 0 Å². The normalized spacial score (nSPS) is 15.6. The number of hydrogen-bond acceptors (Lipinski definition) is 6. The molecule has 1 aromatic heterocycles. The van der Waals surface area contributed by atoms with E-state index in [9.17, 15) is 14.0 Å². The van der Waals surface area contributed by atoms with E-state index < -0.39 is 11.8 Å². The molecule has 0 spiro atoms. The highest BCUT2D eigenvalue weighted by molar-refractivity contribution is 6.42. The molecular formula is C28H31Cl2FN4O4. The Bertz CT molecular complexity index is 1380. The Labute approximate surface area is 237 Å². The first kappa shape index (κ1) is 28.9. The number of methoxy groups -OCH3 is 1. The molecule has 1 N–H and O–H groups in total. The molecule has 39 heavy (non-hydrogen) atoms. The SMILES string of the molecule is CCOC(=O)c1c2c(nn1CCNC(C)c1ccc(OC)c(F)c1)C[C@@H](C)N(C(=O)c1ccc(Cl)c(Cl)c1)C2. The van der Waals surface area contributed by atoms with Gasteiger partial charge in [0.15, 0.2) is 17.3 Å². The van der Waals surface area contributed by atoms with Crippen LogP contribution in [0.1, 0.15) is 64.5 Å². The number of rotatable bonds is 9. The highest BCUT2D eigenvalue weighted by Gasteiger charge is 2.35. The zero-order valence-electron chi connectivity index (χ0n) is 22.3. The number of benzene rings is 2. The van der Waals surface area contributed by atoms with Gasteiger partial charge in [0.2, 0.25) is 0 Å². The second kappa shape index (κ2) is 12.4. The first-order valence-electron chi connectivity index (χ1n) is 12.7. The number of esters is 1. The molecule has 1 unspecified atom stereocenters. The van der Waals surface area contributed by atoms with Gasteiger partial charge in [-0.2, -0.15) is 5.10 Å². The maximum Gasteiger partial charge on any atom is 0.356 e. The number of hydrogen-bond donors (Lipinski definition) is 1. The highest BCUT2D eigenvalue weighted by atomic mass is 35.5.